The maximum atomic E-state index is 14.8. The Morgan fingerprint density at radius 1 is 1.00 bits per heavy atom. The standard InChI is InChI=1S/C26H21F2N5O3S/c27-19-5-2-1-4-17(19)25(35)33-9-3-8-32(10-11-33)23-15-29-14-21(30-23)18-12-16(6-7-20(18)28)13-22-24(34)31-26(36)37-22/h1-2,4-7,12-15H,3,8-11H2,(H,31,34,36)/b22-13-. The van der Waals surface area contributed by atoms with Gasteiger partial charge in [-0.3, -0.25) is 24.7 Å². The zero-order valence-electron chi connectivity index (χ0n) is 19.5. The summed E-state index contributed by atoms with van der Waals surface area (Å²) in [6.45, 7) is 1.88. The molecule has 11 heteroatoms. The molecule has 5 rings (SSSR count). The minimum absolute atomic E-state index is 0.0425. The normalized spacial score (nSPS) is 17.2. The first-order valence-electron chi connectivity index (χ1n) is 11.5. The highest BCUT2D eigenvalue weighted by molar-refractivity contribution is 8.18. The van der Waals surface area contributed by atoms with Gasteiger partial charge in [-0.25, -0.2) is 13.8 Å². The van der Waals surface area contributed by atoms with Gasteiger partial charge in [-0.15, -0.1) is 0 Å². The fourth-order valence-electron chi connectivity index (χ4n) is 4.19. The number of benzene rings is 2. The summed E-state index contributed by atoms with van der Waals surface area (Å²) >= 11 is 0.783. The Hall–Kier alpha value is -4.12. The highest BCUT2D eigenvalue weighted by Crippen LogP contribution is 2.29. The predicted octanol–water partition coefficient (Wildman–Crippen LogP) is 4.10. The number of carbonyl (C=O) groups excluding carboxylic acids is 3. The largest absolute Gasteiger partial charge is 0.353 e. The Morgan fingerprint density at radius 3 is 2.62 bits per heavy atom. The van der Waals surface area contributed by atoms with Crippen LogP contribution in [0.4, 0.5) is 19.4 Å². The SMILES string of the molecule is O=C1NC(=O)/C(=C/c2ccc(F)c(-c3cncc(N4CCCN(C(=O)c5ccccc5F)CC4)n3)c2)S1. The van der Waals surface area contributed by atoms with E-state index in [4.69, 9.17) is 0 Å². The number of rotatable bonds is 4. The van der Waals surface area contributed by atoms with Crippen molar-refractivity contribution in [1.29, 1.82) is 0 Å². The molecule has 0 saturated carbocycles. The quantitative estimate of drug-likeness (QED) is 0.517. The van der Waals surface area contributed by atoms with Gasteiger partial charge in [0.25, 0.3) is 17.1 Å². The Balaban J connectivity index is 1.35. The van der Waals surface area contributed by atoms with Crippen molar-refractivity contribution >= 4 is 40.7 Å². The van der Waals surface area contributed by atoms with Crippen molar-refractivity contribution in [2.75, 3.05) is 31.1 Å². The molecule has 0 unspecified atom stereocenters. The van der Waals surface area contributed by atoms with Crippen LogP contribution in [0.5, 0.6) is 0 Å². The highest BCUT2D eigenvalue weighted by atomic mass is 32.2. The molecule has 2 aromatic carbocycles. The number of anilines is 1. The Kier molecular flexibility index (Phi) is 6.95. The minimum Gasteiger partial charge on any atom is -0.353 e. The molecule has 3 aromatic rings. The molecule has 8 nitrogen and oxygen atoms in total. The lowest BCUT2D eigenvalue weighted by atomic mass is 10.1. The number of nitrogens with one attached hydrogen (secondary N) is 1. The van der Waals surface area contributed by atoms with Crippen LogP contribution in [-0.2, 0) is 4.79 Å². The summed E-state index contributed by atoms with van der Waals surface area (Å²) in [6.07, 6.45) is 5.18. The highest BCUT2D eigenvalue weighted by Gasteiger charge is 2.26. The lowest BCUT2D eigenvalue weighted by molar-refractivity contribution is -0.115. The predicted molar refractivity (Wildman–Crippen MR) is 136 cm³/mol. The summed E-state index contributed by atoms with van der Waals surface area (Å²) in [6, 6.07) is 10.2. The number of nitrogens with zero attached hydrogens (tertiary/aromatic N) is 4. The van der Waals surface area contributed by atoms with Gasteiger partial charge >= 0.3 is 0 Å². The van der Waals surface area contributed by atoms with Crippen LogP contribution in [-0.4, -0.2) is 58.1 Å². The number of thioether (sulfide) groups is 1. The zero-order chi connectivity index (χ0) is 25.9. The molecule has 3 heterocycles. The second kappa shape index (κ2) is 10.5. The molecule has 2 aliphatic heterocycles. The molecule has 3 amide bonds. The van der Waals surface area contributed by atoms with Crippen LogP contribution in [0.3, 0.4) is 0 Å². The number of hydrogen-bond acceptors (Lipinski definition) is 7. The maximum Gasteiger partial charge on any atom is 0.290 e. The first kappa shape index (κ1) is 24.6. The number of carbonyl (C=O) groups is 3. The Labute approximate surface area is 215 Å². The summed E-state index contributed by atoms with van der Waals surface area (Å²) in [5.74, 6) is -1.39. The fraction of sp³-hybridized carbons (Fsp3) is 0.192. The van der Waals surface area contributed by atoms with E-state index in [2.05, 4.69) is 15.3 Å². The van der Waals surface area contributed by atoms with Gasteiger partial charge in [0, 0.05) is 31.7 Å². The smallest absolute Gasteiger partial charge is 0.290 e. The third-order valence-electron chi connectivity index (χ3n) is 6.04. The number of imide groups is 1. The van der Waals surface area contributed by atoms with Crippen LogP contribution in [0.15, 0.2) is 59.8 Å². The first-order valence-corrected chi connectivity index (χ1v) is 12.4. The van der Waals surface area contributed by atoms with E-state index in [9.17, 15) is 23.2 Å². The van der Waals surface area contributed by atoms with Crippen molar-refractivity contribution in [3.8, 4) is 11.3 Å². The molecule has 0 bridgehead atoms. The second-order valence-corrected chi connectivity index (χ2v) is 9.48. The fourth-order valence-corrected chi connectivity index (χ4v) is 4.88. The molecule has 2 aliphatic rings. The van der Waals surface area contributed by atoms with Crippen molar-refractivity contribution in [3.63, 3.8) is 0 Å². The van der Waals surface area contributed by atoms with Gasteiger partial charge in [0.05, 0.1) is 28.6 Å². The molecule has 0 spiro atoms. The molecule has 1 aromatic heterocycles. The lowest BCUT2D eigenvalue weighted by Gasteiger charge is -2.23. The molecule has 1 N–H and O–H groups in total. The van der Waals surface area contributed by atoms with Gasteiger partial charge in [0.2, 0.25) is 0 Å². The number of amides is 3. The van der Waals surface area contributed by atoms with Crippen molar-refractivity contribution in [2.24, 2.45) is 0 Å². The molecule has 188 valence electrons. The van der Waals surface area contributed by atoms with Crippen LogP contribution in [0.25, 0.3) is 17.3 Å². The Bertz CT molecular complexity index is 1430. The molecule has 0 aliphatic carbocycles. The monoisotopic (exact) mass is 521 g/mol. The van der Waals surface area contributed by atoms with Gasteiger partial charge in [-0.1, -0.05) is 18.2 Å². The molecule has 0 atom stereocenters. The zero-order valence-corrected chi connectivity index (χ0v) is 20.3. The summed E-state index contributed by atoms with van der Waals surface area (Å²) < 4.78 is 28.9. The third-order valence-corrected chi connectivity index (χ3v) is 6.85. The third kappa shape index (κ3) is 5.36. The number of aromatic nitrogens is 2. The van der Waals surface area contributed by atoms with Crippen LogP contribution < -0.4 is 10.2 Å². The molecular formula is C26H21F2N5O3S. The summed E-state index contributed by atoms with van der Waals surface area (Å²) in [4.78, 5) is 48.8. The summed E-state index contributed by atoms with van der Waals surface area (Å²) in [5.41, 5.74) is 1.08. The van der Waals surface area contributed by atoms with Gasteiger partial charge in [-0.05, 0) is 54.1 Å². The lowest BCUT2D eigenvalue weighted by Crippen LogP contribution is -2.35. The van der Waals surface area contributed by atoms with E-state index < -0.39 is 22.8 Å². The van der Waals surface area contributed by atoms with Crippen LogP contribution in [0, 0.1) is 11.6 Å². The second-order valence-electron chi connectivity index (χ2n) is 8.47. The van der Waals surface area contributed by atoms with Crippen molar-refractivity contribution in [2.45, 2.75) is 6.42 Å². The van der Waals surface area contributed by atoms with E-state index in [1.54, 1.807) is 29.3 Å². The van der Waals surface area contributed by atoms with Gasteiger partial charge in [0.1, 0.15) is 17.5 Å². The van der Waals surface area contributed by atoms with E-state index in [0.717, 1.165) is 11.8 Å². The van der Waals surface area contributed by atoms with Crippen molar-refractivity contribution in [1.82, 2.24) is 20.2 Å². The summed E-state index contributed by atoms with van der Waals surface area (Å²) in [5, 5.41) is 1.73. The van der Waals surface area contributed by atoms with E-state index in [0.29, 0.717) is 49.7 Å². The van der Waals surface area contributed by atoms with E-state index >= 15 is 0 Å². The van der Waals surface area contributed by atoms with Crippen molar-refractivity contribution in [3.05, 3.63) is 82.5 Å². The summed E-state index contributed by atoms with van der Waals surface area (Å²) in [7, 11) is 0. The average molecular weight is 522 g/mol. The first-order chi connectivity index (χ1) is 17.9. The molecule has 2 saturated heterocycles. The maximum absolute atomic E-state index is 14.8. The van der Waals surface area contributed by atoms with Crippen LogP contribution in [0.2, 0.25) is 0 Å². The van der Waals surface area contributed by atoms with E-state index in [1.165, 1.54) is 36.5 Å². The molecular weight excluding hydrogens is 500 g/mol. The Morgan fingerprint density at radius 2 is 1.84 bits per heavy atom. The van der Waals surface area contributed by atoms with Gasteiger partial charge in [-0.2, -0.15) is 0 Å². The van der Waals surface area contributed by atoms with Crippen molar-refractivity contribution < 1.29 is 23.2 Å². The molecule has 0 radical (unpaired) electrons. The molecule has 2 fully saturated rings. The molecule has 37 heavy (non-hydrogen) atoms. The topological polar surface area (TPSA) is 95.5 Å². The number of hydrogen-bond donors (Lipinski definition) is 1. The average Bonchev–Trinajstić information content (AvgIpc) is 3.07. The van der Waals surface area contributed by atoms with Crippen LogP contribution >= 0.6 is 11.8 Å². The number of halogens is 2. The van der Waals surface area contributed by atoms with E-state index in [1.807, 2.05) is 4.90 Å². The van der Waals surface area contributed by atoms with Gasteiger partial charge < -0.3 is 9.80 Å². The van der Waals surface area contributed by atoms with E-state index in [-0.39, 0.29) is 21.9 Å². The minimum atomic E-state index is -0.550. The van der Waals surface area contributed by atoms with Crippen LogP contribution in [0.1, 0.15) is 22.3 Å². The van der Waals surface area contributed by atoms with Gasteiger partial charge in [0.15, 0.2) is 0 Å².